The number of ether oxygens (including phenoxy) is 1. The number of benzene rings is 2. The first kappa shape index (κ1) is 12.0. The van der Waals surface area contributed by atoms with Crippen molar-refractivity contribution in [2.75, 3.05) is 6.61 Å². The van der Waals surface area contributed by atoms with Crippen LogP contribution in [-0.2, 0) is 6.42 Å². The number of hydrogen-bond donors (Lipinski definition) is 0. The third-order valence-corrected chi connectivity index (χ3v) is 4.45. The molecule has 2 aromatic carbocycles. The average Bonchev–Trinajstić information content (AvgIpc) is 3.31. The molecule has 1 saturated carbocycles. The molecule has 2 aliphatic rings. The molecule has 0 saturated heterocycles. The van der Waals surface area contributed by atoms with Gasteiger partial charge in [0.1, 0.15) is 5.75 Å². The fourth-order valence-electron chi connectivity index (χ4n) is 3.20. The molecule has 0 unspecified atom stereocenters. The van der Waals surface area contributed by atoms with E-state index in [1.165, 1.54) is 40.7 Å². The molecule has 1 aliphatic carbocycles. The summed E-state index contributed by atoms with van der Waals surface area (Å²) in [4.78, 5) is 0. The summed E-state index contributed by atoms with van der Waals surface area (Å²) in [6.07, 6.45) is 4.99. The topological polar surface area (TPSA) is 9.23 Å². The lowest BCUT2D eigenvalue weighted by atomic mass is 9.92. The number of rotatable bonds is 2. The minimum atomic E-state index is 0.790. The molecule has 0 spiro atoms. The summed E-state index contributed by atoms with van der Waals surface area (Å²) in [5.41, 5.74) is 7.04. The zero-order chi connectivity index (χ0) is 13.5. The first-order valence-electron chi connectivity index (χ1n) is 7.68. The van der Waals surface area contributed by atoms with Crippen molar-refractivity contribution in [3.63, 3.8) is 0 Å². The summed E-state index contributed by atoms with van der Waals surface area (Å²) >= 11 is 0. The lowest BCUT2D eigenvalue weighted by Crippen LogP contribution is -2.08. The van der Waals surface area contributed by atoms with Crippen molar-refractivity contribution in [3.05, 3.63) is 53.1 Å². The summed E-state index contributed by atoms with van der Waals surface area (Å²) in [7, 11) is 0. The third kappa shape index (κ3) is 2.11. The van der Waals surface area contributed by atoms with Gasteiger partial charge >= 0.3 is 0 Å². The molecule has 0 radical (unpaired) electrons. The van der Waals surface area contributed by atoms with Crippen molar-refractivity contribution >= 4 is 0 Å². The van der Waals surface area contributed by atoms with Crippen LogP contribution in [0.4, 0.5) is 0 Å². The second-order valence-electron chi connectivity index (χ2n) is 6.14. The van der Waals surface area contributed by atoms with Crippen molar-refractivity contribution in [1.82, 2.24) is 0 Å². The fraction of sp³-hybridized carbons (Fsp3) is 0.368. The van der Waals surface area contributed by atoms with Gasteiger partial charge in [0.25, 0.3) is 0 Å². The molecule has 1 heterocycles. The molecule has 1 heteroatoms. The molecule has 2 aromatic rings. The second kappa shape index (κ2) is 4.66. The molecule has 20 heavy (non-hydrogen) atoms. The van der Waals surface area contributed by atoms with Gasteiger partial charge in [0.2, 0.25) is 0 Å². The quantitative estimate of drug-likeness (QED) is 0.752. The zero-order valence-corrected chi connectivity index (χ0v) is 12.0. The van der Waals surface area contributed by atoms with E-state index in [-0.39, 0.29) is 0 Å². The van der Waals surface area contributed by atoms with Gasteiger partial charge in [0, 0.05) is 0 Å². The smallest absolute Gasteiger partial charge is 0.122 e. The lowest BCUT2D eigenvalue weighted by Gasteiger charge is -2.19. The Hall–Kier alpha value is -1.76. The molecule has 0 atom stereocenters. The van der Waals surface area contributed by atoms with E-state index in [1.54, 1.807) is 0 Å². The van der Waals surface area contributed by atoms with Gasteiger partial charge in [0.05, 0.1) is 6.61 Å². The van der Waals surface area contributed by atoms with E-state index in [0.717, 1.165) is 31.1 Å². The molecular formula is C19H20O. The number of aryl methyl sites for hydroxylation is 2. The molecule has 4 rings (SSSR count). The Bertz CT molecular complexity index is 653. The normalized spacial score (nSPS) is 17.4. The van der Waals surface area contributed by atoms with Gasteiger partial charge in [-0.1, -0.05) is 29.8 Å². The maximum absolute atomic E-state index is 5.73. The zero-order valence-electron chi connectivity index (χ0n) is 12.0. The van der Waals surface area contributed by atoms with Crippen LogP contribution >= 0.6 is 0 Å². The van der Waals surface area contributed by atoms with Crippen molar-refractivity contribution < 1.29 is 4.74 Å². The summed E-state index contributed by atoms with van der Waals surface area (Å²) in [5, 5.41) is 0. The van der Waals surface area contributed by atoms with Crippen molar-refractivity contribution in [2.24, 2.45) is 0 Å². The van der Waals surface area contributed by atoms with Crippen LogP contribution in [0.2, 0.25) is 0 Å². The molecule has 102 valence electrons. The van der Waals surface area contributed by atoms with Gasteiger partial charge in [-0.3, -0.25) is 0 Å². The Morgan fingerprint density at radius 1 is 1.05 bits per heavy atom. The van der Waals surface area contributed by atoms with Gasteiger partial charge < -0.3 is 4.74 Å². The maximum Gasteiger partial charge on any atom is 0.122 e. The van der Waals surface area contributed by atoms with E-state index in [1.807, 2.05) is 0 Å². The van der Waals surface area contributed by atoms with Crippen LogP contribution in [0, 0.1) is 6.92 Å². The van der Waals surface area contributed by atoms with Crippen molar-refractivity contribution in [3.8, 4) is 16.9 Å². The average molecular weight is 264 g/mol. The lowest BCUT2D eigenvalue weighted by molar-refractivity contribution is 0.288. The van der Waals surface area contributed by atoms with E-state index in [4.69, 9.17) is 4.74 Å². The summed E-state index contributed by atoms with van der Waals surface area (Å²) in [5.74, 6) is 1.87. The minimum Gasteiger partial charge on any atom is -0.493 e. The van der Waals surface area contributed by atoms with Gasteiger partial charge in [-0.25, -0.2) is 0 Å². The van der Waals surface area contributed by atoms with Gasteiger partial charge in [-0.15, -0.1) is 0 Å². The summed E-state index contributed by atoms with van der Waals surface area (Å²) in [6, 6.07) is 13.7. The molecule has 1 nitrogen and oxygen atoms in total. The Labute approximate surface area is 120 Å². The third-order valence-electron chi connectivity index (χ3n) is 4.45. The standard InChI is InChI=1S/C19H20O/c1-13-4-8-17(14-5-6-14)18(11-13)15-7-9-19-16(12-15)3-2-10-20-19/h4,7-9,11-12,14H,2-3,5-6,10H2,1H3. The minimum absolute atomic E-state index is 0.790. The first-order chi connectivity index (χ1) is 9.81. The van der Waals surface area contributed by atoms with Crippen LogP contribution in [0.3, 0.4) is 0 Å². The van der Waals surface area contributed by atoms with E-state index in [0.29, 0.717) is 0 Å². The summed E-state index contributed by atoms with van der Waals surface area (Å²) in [6.45, 7) is 3.05. The van der Waals surface area contributed by atoms with Crippen LogP contribution in [0.25, 0.3) is 11.1 Å². The monoisotopic (exact) mass is 264 g/mol. The Kier molecular flexibility index (Phi) is 2.80. The fourth-order valence-corrected chi connectivity index (χ4v) is 3.20. The Balaban J connectivity index is 1.82. The predicted molar refractivity (Wildman–Crippen MR) is 82.4 cm³/mol. The van der Waals surface area contributed by atoms with E-state index < -0.39 is 0 Å². The van der Waals surface area contributed by atoms with Gasteiger partial charge in [-0.2, -0.15) is 0 Å². The number of hydrogen-bond acceptors (Lipinski definition) is 1. The van der Waals surface area contributed by atoms with Crippen LogP contribution in [0.5, 0.6) is 5.75 Å². The van der Waals surface area contributed by atoms with Crippen LogP contribution in [-0.4, -0.2) is 6.61 Å². The van der Waals surface area contributed by atoms with Crippen molar-refractivity contribution in [1.29, 1.82) is 0 Å². The highest BCUT2D eigenvalue weighted by Crippen LogP contribution is 2.45. The Morgan fingerprint density at radius 3 is 2.80 bits per heavy atom. The molecule has 1 fully saturated rings. The highest BCUT2D eigenvalue weighted by molar-refractivity contribution is 5.71. The predicted octanol–water partition coefficient (Wildman–Crippen LogP) is 4.86. The van der Waals surface area contributed by atoms with Crippen molar-refractivity contribution in [2.45, 2.75) is 38.5 Å². The highest BCUT2D eigenvalue weighted by Gasteiger charge is 2.26. The Morgan fingerprint density at radius 2 is 1.95 bits per heavy atom. The van der Waals surface area contributed by atoms with E-state index in [9.17, 15) is 0 Å². The molecular weight excluding hydrogens is 244 g/mol. The SMILES string of the molecule is Cc1ccc(C2CC2)c(-c2ccc3c(c2)CCCO3)c1. The first-order valence-corrected chi connectivity index (χ1v) is 7.68. The van der Waals surface area contributed by atoms with E-state index in [2.05, 4.69) is 43.3 Å². The van der Waals surface area contributed by atoms with E-state index >= 15 is 0 Å². The molecule has 0 bridgehead atoms. The maximum atomic E-state index is 5.73. The largest absolute Gasteiger partial charge is 0.493 e. The van der Waals surface area contributed by atoms with Gasteiger partial charge in [0.15, 0.2) is 0 Å². The molecule has 0 amide bonds. The van der Waals surface area contributed by atoms with Crippen LogP contribution < -0.4 is 4.74 Å². The highest BCUT2D eigenvalue weighted by atomic mass is 16.5. The molecule has 0 aromatic heterocycles. The van der Waals surface area contributed by atoms with Crippen LogP contribution in [0.1, 0.15) is 41.9 Å². The molecule has 1 aliphatic heterocycles. The summed E-state index contributed by atoms with van der Waals surface area (Å²) < 4.78 is 5.73. The number of fused-ring (bicyclic) bond motifs is 1. The van der Waals surface area contributed by atoms with Gasteiger partial charge in [-0.05, 0) is 72.9 Å². The second-order valence-corrected chi connectivity index (χ2v) is 6.14. The van der Waals surface area contributed by atoms with Crippen LogP contribution in [0.15, 0.2) is 36.4 Å². The molecule has 0 N–H and O–H groups in total.